The molecule has 0 saturated heterocycles. The van der Waals surface area contributed by atoms with Gasteiger partial charge in [0.2, 0.25) is 0 Å². The van der Waals surface area contributed by atoms with Crippen LogP contribution in [0.5, 0.6) is 5.75 Å². The molecule has 19 heavy (non-hydrogen) atoms. The summed E-state index contributed by atoms with van der Waals surface area (Å²) in [5, 5.41) is 11.2. The number of thiophene rings is 1. The minimum atomic E-state index is -0.679. The first-order valence-corrected chi connectivity index (χ1v) is 6.86. The van der Waals surface area contributed by atoms with Gasteiger partial charge in [0.15, 0.2) is 0 Å². The Kier molecular flexibility index (Phi) is 2.98. The molecule has 5 heteroatoms. The minimum Gasteiger partial charge on any atom is -0.508 e. The Morgan fingerprint density at radius 2 is 2.21 bits per heavy atom. The van der Waals surface area contributed by atoms with Crippen LogP contribution in [0.25, 0.3) is 0 Å². The van der Waals surface area contributed by atoms with E-state index in [4.69, 9.17) is 5.11 Å². The first-order valence-electron chi connectivity index (χ1n) is 5.98. The second-order valence-corrected chi connectivity index (χ2v) is 5.51. The van der Waals surface area contributed by atoms with Gasteiger partial charge in [0.25, 0.3) is 5.91 Å². The summed E-state index contributed by atoms with van der Waals surface area (Å²) in [7, 11) is 0. The van der Waals surface area contributed by atoms with E-state index in [9.17, 15) is 9.18 Å². The lowest BCUT2D eigenvalue weighted by Gasteiger charge is -2.27. The molecule has 0 radical (unpaired) electrons. The van der Waals surface area contributed by atoms with Crippen LogP contribution in [0, 0.1) is 5.82 Å². The van der Waals surface area contributed by atoms with E-state index in [0.29, 0.717) is 13.1 Å². The Morgan fingerprint density at radius 3 is 3.00 bits per heavy atom. The van der Waals surface area contributed by atoms with Gasteiger partial charge in [-0.2, -0.15) is 0 Å². The van der Waals surface area contributed by atoms with E-state index in [0.717, 1.165) is 12.5 Å². The van der Waals surface area contributed by atoms with Gasteiger partial charge in [-0.05, 0) is 35.6 Å². The Labute approximate surface area is 113 Å². The number of hydrogen-bond acceptors (Lipinski definition) is 3. The number of phenols is 1. The third kappa shape index (κ3) is 2.21. The van der Waals surface area contributed by atoms with Crippen LogP contribution in [0.3, 0.4) is 0 Å². The molecule has 3 nitrogen and oxygen atoms in total. The largest absolute Gasteiger partial charge is 0.508 e. The number of aromatic hydroxyl groups is 1. The van der Waals surface area contributed by atoms with Crippen LogP contribution in [0.4, 0.5) is 4.39 Å². The second kappa shape index (κ2) is 4.66. The van der Waals surface area contributed by atoms with Gasteiger partial charge in [0, 0.05) is 17.5 Å². The lowest BCUT2D eigenvalue weighted by Crippen LogP contribution is -2.35. The number of hydrogen-bond donors (Lipinski definition) is 1. The summed E-state index contributed by atoms with van der Waals surface area (Å²) < 4.78 is 13.7. The van der Waals surface area contributed by atoms with Crippen molar-refractivity contribution in [3.63, 3.8) is 0 Å². The van der Waals surface area contributed by atoms with Crippen molar-refractivity contribution < 1.29 is 14.3 Å². The fraction of sp³-hybridized carbons (Fsp3) is 0.214. The van der Waals surface area contributed by atoms with Gasteiger partial charge < -0.3 is 10.0 Å². The van der Waals surface area contributed by atoms with E-state index in [2.05, 4.69) is 6.07 Å². The molecule has 3 rings (SSSR count). The Bertz CT molecular complexity index is 638. The van der Waals surface area contributed by atoms with Crippen molar-refractivity contribution in [2.45, 2.75) is 13.0 Å². The van der Waals surface area contributed by atoms with Crippen molar-refractivity contribution in [1.29, 1.82) is 0 Å². The maximum atomic E-state index is 13.7. The highest BCUT2D eigenvalue weighted by Crippen LogP contribution is 2.26. The molecule has 1 aromatic heterocycles. The number of halogens is 1. The zero-order valence-electron chi connectivity index (χ0n) is 10.1. The number of carbonyl (C=O) groups excluding carboxylic acids is 1. The quantitative estimate of drug-likeness (QED) is 0.870. The van der Waals surface area contributed by atoms with Gasteiger partial charge in [-0.25, -0.2) is 4.39 Å². The molecule has 1 aliphatic heterocycles. The van der Waals surface area contributed by atoms with Crippen LogP contribution < -0.4 is 0 Å². The SMILES string of the molecule is O=C(c1ccc(O)cc1F)N1CCc2ccsc2C1. The normalized spacial score (nSPS) is 14.3. The molecule has 0 fully saturated rings. The second-order valence-electron chi connectivity index (χ2n) is 4.51. The maximum Gasteiger partial charge on any atom is 0.257 e. The number of fused-ring (bicyclic) bond motifs is 1. The maximum absolute atomic E-state index is 13.7. The Morgan fingerprint density at radius 1 is 1.37 bits per heavy atom. The number of nitrogens with zero attached hydrogens (tertiary/aromatic N) is 1. The molecular formula is C14H12FNO2S. The van der Waals surface area contributed by atoms with Crippen LogP contribution in [0.2, 0.25) is 0 Å². The summed E-state index contributed by atoms with van der Waals surface area (Å²) >= 11 is 1.62. The molecule has 0 bridgehead atoms. The van der Waals surface area contributed by atoms with E-state index >= 15 is 0 Å². The molecule has 0 unspecified atom stereocenters. The zero-order valence-corrected chi connectivity index (χ0v) is 10.9. The summed E-state index contributed by atoms with van der Waals surface area (Å²) in [5.74, 6) is -1.17. The lowest BCUT2D eigenvalue weighted by atomic mass is 10.1. The Balaban J connectivity index is 1.85. The molecule has 1 aromatic carbocycles. The van der Waals surface area contributed by atoms with Crippen LogP contribution in [-0.4, -0.2) is 22.5 Å². The van der Waals surface area contributed by atoms with Gasteiger partial charge in [0.1, 0.15) is 11.6 Å². The predicted molar refractivity (Wildman–Crippen MR) is 70.8 cm³/mol. The summed E-state index contributed by atoms with van der Waals surface area (Å²) in [6, 6.07) is 5.70. The van der Waals surface area contributed by atoms with Crippen molar-refractivity contribution in [3.05, 3.63) is 51.5 Å². The van der Waals surface area contributed by atoms with Gasteiger partial charge in [-0.1, -0.05) is 0 Å². The first kappa shape index (κ1) is 12.2. The fourth-order valence-electron chi connectivity index (χ4n) is 2.26. The van der Waals surface area contributed by atoms with E-state index in [1.807, 2.05) is 5.38 Å². The van der Waals surface area contributed by atoms with E-state index in [-0.39, 0.29) is 17.2 Å². The molecule has 1 N–H and O–H groups in total. The van der Waals surface area contributed by atoms with E-state index in [1.165, 1.54) is 22.6 Å². The molecule has 98 valence electrons. The van der Waals surface area contributed by atoms with Crippen molar-refractivity contribution in [1.82, 2.24) is 4.90 Å². The Hall–Kier alpha value is -1.88. The lowest BCUT2D eigenvalue weighted by molar-refractivity contribution is 0.0732. The minimum absolute atomic E-state index is 0.0119. The molecule has 0 aliphatic carbocycles. The van der Waals surface area contributed by atoms with E-state index < -0.39 is 5.82 Å². The first-order chi connectivity index (χ1) is 9.15. The summed E-state index contributed by atoms with van der Waals surface area (Å²) in [6.45, 7) is 1.13. The van der Waals surface area contributed by atoms with Crippen LogP contribution in [-0.2, 0) is 13.0 Å². The monoisotopic (exact) mass is 277 g/mol. The number of amides is 1. The van der Waals surface area contributed by atoms with Gasteiger partial charge in [-0.3, -0.25) is 4.79 Å². The van der Waals surface area contributed by atoms with E-state index in [1.54, 1.807) is 16.2 Å². The average Bonchev–Trinajstić information content (AvgIpc) is 2.85. The number of benzene rings is 1. The molecule has 0 spiro atoms. The van der Waals surface area contributed by atoms with Crippen molar-refractivity contribution >= 4 is 17.2 Å². The van der Waals surface area contributed by atoms with Gasteiger partial charge in [-0.15, -0.1) is 11.3 Å². The highest BCUT2D eigenvalue weighted by molar-refractivity contribution is 7.10. The summed E-state index contributed by atoms with van der Waals surface area (Å²) in [5.41, 5.74) is 1.29. The third-order valence-corrected chi connectivity index (χ3v) is 4.24. The standard InChI is InChI=1S/C14H12FNO2S/c15-12-7-10(17)1-2-11(12)14(18)16-5-3-9-4-6-19-13(9)8-16/h1-2,4,6-7,17H,3,5,8H2. The number of rotatable bonds is 1. The van der Waals surface area contributed by atoms with Gasteiger partial charge >= 0.3 is 0 Å². The molecule has 0 atom stereocenters. The van der Waals surface area contributed by atoms with Crippen molar-refractivity contribution in [2.24, 2.45) is 0 Å². The molecule has 2 heterocycles. The number of carbonyl (C=O) groups is 1. The number of phenolic OH excluding ortho intramolecular Hbond substituents is 1. The van der Waals surface area contributed by atoms with Crippen LogP contribution >= 0.6 is 11.3 Å². The molecule has 1 amide bonds. The van der Waals surface area contributed by atoms with Crippen LogP contribution in [0.15, 0.2) is 29.6 Å². The fourth-order valence-corrected chi connectivity index (χ4v) is 3.21. The summed E-state index contributed by atoms with van der Waals surface area (Å²) in [4.78, 5) is 15.1. The smallest absolute Gasteiger partial charge is 0.257 e. The molecule has 0 saturated carbocycles. The zero-order chi connectivity index (χ0) is 13.4. The third-order valence-electron chi connectivity index (χ3n) is 3.29. The average molecular weight is 277 g/mol. The molecule has 2 aromatic rings. The topological polar surface area (TPSA) is 40.5 Å². The van der Waals surface area contributed by atoms with Crippen molar-refractivity contribution in [2.75, 3.05) is 6.54 Å². The van der Waals surface area contributed by atoms with Gasteiger partial charge in [0.05, 0.1) is 12.1 Å². The molecular weight excluding hydrogens is 265 g/mol. The van der Waals surface area contributed by atoms with Crippen LogP contribution in [0.1, 0.15) is 20.8 Å². The summed E-state index contributed by atoms with van der Waals surface area (Å²) in [6.07, 6.45) is 0.810. The highest BCUT2D eigenvalue weighted by Gasteiger charge is 2.24. The predicted octanol–water partition coefficient (Wildman–Crippen LogP) is 2.79. The molecule has 1 aliphatic rings. The van der Waals surface area contributed by atoms with Crippen molar-refractivity contribution in [3.8, 4) is 5.75 Å². The highest BCUT2D eigenvalue weighted by atomic mass is 32.1.